The Kier molecular flexibility index (Phi) is 2.31. The summed E-state index contributed by atoms with van der Waals surface area (Å²) in [6, 6.07) is 8.41. The highest BCUT2D eigenvalue weighted by atomic mass is 15.2. The molecule has 3 nitrogen and oxygen atoms in total. The molecule has 0 saturated carbocycles. The predicted molar refractivity (Wildman–Crippen MR) is 60.5 cm³/mol. The summed E-state index contributed by atoms with van der Waals surface area (Å²) in [6.45, 7) is 6.61. The molecule has 0 saturated heterocycles. The fourth-order valence-electron chi connectivity index (χ4n) is 1.47. The molecule has 15 heavy (non-hydrogen) atoms. The number of aromatic nitrogens is 3. The van der Waals surface area contributed by atoms with E-state index in [-0.39, 0.29) is 5.41 Å². The predicted octanol–water partition coefficient (Wildman–Crippen LogP) is 2.77. The highest BCUT2D eigenvalue weighted by molar-refractivity contribution is 5.54. The maximum atomic E-state index is 4.11. The summed E-state index contributed by atoms with van der Waals surface area (Å²) in [5.74, 6) is 0.815. The lowest BCUT2D eigenvalue weighted by Gasteiger charge is -2.18. The van der Waals surface area contributed by atoms with Crippen molar-refractivity contribution in [2.75, 3.05) is 0 Å². The Morgan fingerprint density at radius 2 is 1.73 bits per heavy atom. The van der Waals surface area contributed by atoms with Crippen molar-refractivity contribution in [1.29, 1.82) is 0 Å². The van der Waals surface area contributed by atoms with E-state index >= 15 is 0 Å². The van der Waals surface area contributed by atoms with Crippen molar-refractivity contribution >= 4 is 0 Å². The van der Waals surface area contributed by atoms with Gasteiger partial charge in [0, 0.05) is 5.56 Å². The van der Waals surface area contributed by atoms with Crippen LogP contribution < -0.4 is 0 Å². The lowest BCUT2D eigenvalue weighted by molar-refractivity contribution is 0.590. The molecule has 0 amide bonds. The molecular formula is C12H15N3. The van der Waals surface area contributed by atoms with Crippen LogP contribution in [0.25, 0.3) is 11.4 Å². The van der Waals surface area contributed by atoms with Crippen LogP contribution in [0.4, 0.5) is 0 Å². The summed E-state index contributed by atoms with van der Waals surface area (Å²) < 4.78 is 0. The fraction of sp³-hybridized carbons (Fsp3) is 0.333. The van der Waals surface area contributed by atoms with Crippen LogP contribution in [0, 0.1) is 0 Å². The van der Waals surface area contributed by atoms with E-state index in [9.17, 15) is 0 Å². The van der Waals surface area contributed by atoms with E-state index in [2.05, 4.69) is 60.2 Å². The van der Waals surface area contributed by atoms with Crippen LogP contribution in [0.3, 0.4) is 0 Å². The Morgan fingerprint density at radius 1 is 1.07 bits per heavy atom. The van der Waals surface area contributed by atoms with E-state index in [1.54, 1.807) is 0 Å². The van der Waals surface area contributed by atoms with E-state index in [1.165, 1.54) is 11.9 Å². The zero-order chi connectivity index (χ0) is 10.9. The van der Waals surface area contributed by atoms with E-state index in [0.717, 1.165) is 11.4 Å². The molecule has 1 aromatic carbocycles. The topological polar surface area (TPSA) is 41.6 Å². The lowest BCUT2D eigenvalue weighted by Crippen LogP contribution is -2.10. The molecule has 1 N–H and O–H groups in total. The van der Waals surface area contributed by atoms with Gasteiger partial charge in [-0.1, -0.05) is 45.0 Å². The highest BCUT2D eigenvalue weighted by Crippen LogP contribution is 2.24. The van der Waals surface area contributed by atoms with Gasteiger partial charge in [0.05, 0.1) is 0 Å². The first kappa shape index (κ1) is 9.90. The second-order valence-electron chi connectivity index (χ2n) is 4.66. The van der Waals surface area contributed by atoms with Crippen molar-refractivity contribution in [3.63, 3.8) is 0 Å². The lowest BCUT2D eigenvalue weighted by atomic mass is 9.87. The summed E-state index contributed by atoms with van der Waals surface area (Å²) >= 11 is 0. The Balaban J connectivity index is 2.33. The van der Waals surface area contributed by atoms with Crippen molar-refractivity contribution in [2.24, 2.45) is 0 Å². The minimum Gasteiger partial charge on any atom is -0.259 e. The molecule has 78 valence electrons. The number of hydrogen-bond donors (Lipinski definition) is 1. The number of benzene rings is 1. The average Bonchev–Trinajstić information content (AvgIpc) is 2.69. The number of nitrogens with one attached hydrogen (secondary N) is 1. The number of H-pyrrole nitrogens is 1. The van der Waals surface area contributed by atoms with Crippen molar-refractivity contribution in [1.82, 2.24) is 15.2 Å². The summed E-state index contributed by atoms with van der Waals surface area (Å²) in [6.07, 6.45) is 1.52. The fourth-order valence-corrected chi connectivity index (χ4v) is 1.47. The van der Waals surface area contributed by atoms with Gasteiger partial charge in [-0.25, -0.2) is 4.98 Å². The van der Waals surface area contributed by atoms with E-state index in [4.69, 9.17) is 0 Å². The third-order valence-corrected chi connectivity index (χ3v) is 2.44. The molecule has 0 aliphatic carbocycles. The highest BCUT2D eigenvalue weighted by Gasteiger charge is 2.13. The van der Waals surface area contributed by atoms with Gasteiger partial charge in [-0.3, -0.25) is 5.10 Å². The van der Waals surface area contributed by atoms with Crippen molar-refractivity contribution in [3.8, 4) is 11.4 Å². The quantitative estimate of drug-likeness (QED) is 0.770. The number of nitrogens with zero attached hydrogens (tertiary/aromatic N) is 2. The molecule has 0 bridgehead atoms. The van der Waals surface area contributed by atoms with Gasteiger partial charge in [-0.05, 0) is 11.0 Å². The maximum Gasteiger partial charge on any atom is 0.155 e. The first-order valence-electron chi connectivity index (χ1n) is 5.03. The molecule has 0 atom stereocenters. The number of aromatic amines is 1. The summed E-state index contributed by atoms with van der Waals surface area (Å²) in [5, 5.41) is 6.68. The van der Waals surface area contributed by atoms with Gasteiger partial charge in [0.1, 0.15) is 6.33 Å². The SMILES string of the molecule is CC(C)(C)c1ccc(-c2ncn[nH]2)cc1. The molecule has 1 aromatic heterocycles. The zero-order valence-electron chi connectivity index (χ0n) is 9.28. The van der Waals surface area contributed by atoms with Crippen LogP contribution in [-0.2, 0) is 5.41 Å². The van der Waals surface area contributed by atoms with Crippen molar-refractivity contribution in [2.45, 2.75) is 26.2 Å². The van der Waals surface area contributed by atoms with Gasteiger partial charge in [0.2, 0.25) is 0 Å². The van der Waals surface area contributed by atoms with Gasteiger partial charge in [-0.15, -0.1) is 0 Å². The molecule has 0 spiro atoms. The molecule has 1 heterocycles. The molecule has 3 heteroatoms. The Labute approximate surface area is 89.6 Å². The molecule has 0 radical (unpaired) electrons. The molecule has 0 fully saturated rings. The van der Waals surface area contributed by atoms with Gasteiger partial charge in [0.15, 0.2) is 5.82 Å². The summed E-state index contributed by atoms with van der Waals surface area (Å²) in [5.41, 5.74) is 2.59. The normalized spacial score (nSPS) is 11.7. The van der Waals surface area contributed by atoms with Crippen molar-refractivity contribution < 1.29 is 0 Å². The van der Waals surface area contributed by atoms with Gasteiger partial charge < -0.3 is 0 Å². The second kappa shape index (κ2) is 3.50. The molecule has 0 aliphatic heterocycles. The van der Waals surface area contributed by atoms with Crippen LogP contribution in [0.2, 0.25) is 0 Å². The average molecular weight is 201 g/mol. The second-order valence-corrected chi connectivity index (χ2v) is 4.66. The Hall–Kier alpha value is -1.64. The smallest absolute Gasteiger partial charge is 0.155 e. The van der Waals surface area contributed by atoms with Crippen LogP contribution >= 0.6 is 0 Å². The molecule has 2 rings (SSSR count). The molecule has 2 aromatic rings. The van der Waals surface area contributed by atoms with Crippen LogP contribution in [0.15, 0.2) is 30.6 Å². The Bertz CT molecular complexity index is 421. The standard InChI is InChI=1S/C12H15N3/c1-12(2,3)10-6-4-9(5-7-10)11-13-8-14-15-11/h4-8H,1-3H3,(H,13,14,15). The Morgan fingerprint density at radius 3 is 2.20 bits per heavy atom. The minimum absolute atomic E-state index is 0.194. The monoisotopic (exact) mass is 201 g/mol. The van der Waals surface area contributed by atoms with E-state index in [0.29, 0.717) is 0 Å². The molecular weight excluding hydrogens is 186 g/mol. The molecule has 0 unspecified atom stereocenters. The van der Waals surface area contributed by atoms with Gasteiger partial charge >= 0.3 is 0 Å². The number of hydrogen-bond acceptors (Lipinski definition) is 2. The summed E-state index contributed by atoms with van der Waals surface area (Å²) in [7, 11) is 0. The maximum absolute atomic E-state index is 4.11. The third kappa shape index (κ3) is 2.06. The van der Waals surface area contributed by atoms with Crippen LogP contribution in [-0.4, -0.2) is 15.2 Å². The first-order chi connectivity index (χ1) is 7.07. The van der Waals surface area contributed by atoms with Gasteiger partial charge in [-0.2, -0.15) is 5.10 Å². The van der Waals surface area contributed by atoms with Gasteiger partial charge in [0.25, 0.3) is 0 Å². The van der Waals surface area contributed by atoms with Crippen LogP contribution in [0.5, 0.6) is 0 Å². The summed E-state index contributed by atoms with van der Waals surface area (Å²) in [4.78, 5) is 4.11. The van der Waals surface area contributed by atoms with E-state index < -0.39 is 0 Å². The zero-order valence-corrected chi connectivity index (χ0v) is 9.28. The van der Waals surface area contributed by atoms with E-state index in [1.807, 2.05) is 0 Å². The largest absolute Gasteiger partial charge is 0.259 e. The minimum atomic E-state index is 0.194. The molecule has 0 aliphatic rings. The first-order valence-corrected chi connectivity index (χ1v) is 5.03. The van der Waals surface area contributed by atoms with Crippen molar-refractivity contribution in [3.05, 3.63) is 36.2 Å². The third-order valence-electron chi connectivity index (χ3n) is 2.44. The van der Waals surface area contributed by atoms with Crippen LogP contribution in [0.1, 0.15) is 26.3 Å². The number of rotatable bonds is 1.